The molecular weight excluding hydrogens is 264 g/mol. The SMILES string of the molecule is CCCCC[C@]12CC=C3[C@H]4CCCCC4CC[C@H]3[C@@H]1CCC2. The zero-order chi connectivity index (χ0) is 15.0. The van der Waals surface area contributed by atoms with E-state index in [1.165, 1.54) is 51.4 Å². The topological polar surface area (TPSA) is 0 Å². The van der Waals surface area contributed by atoms with Gasteiger partial charge in [-0.3, -0.25) is 0 Å². The van der Waals surface area contributed by atoms with Crippen LogP contribution >= 0.6 is 0 Å². The molecular formula is C22H36. The van der Waals surface area contributed by atoms with E-state index >= 15 is 0 Å². The van der Waals surface area contributed by atoms with Gasteiger partial charge in [-0.05, 0) is 80.5 Å². The lowest BCUT2D eigenvalue weighted by atomic mass is 9.54. The van der Waals surface area contributed by atoms with Gasteiger partial charge in [0.25, 0.3) is 0 Å². The first-order valence-corrected chi connectivity index (χ1v) is 10.5. The molecule has 0 aromatic heterocycles. The van der Waals surface area contributed by atoms with Crippen LogP contribution in [0.5, 0.6) is 0 Å². The molecule has 0 N–H and O–H groups in total. The van der Waals surface area contributed by atoms with Gasteiger partial charge in [0.2, 0.25) is 0 Å². The first kappa shape index (κ1) is 15.3. The van der Waals surface area contributed by atoms with Gasteiger partial charge in [-0.2, -0.15) is 0 Å². The summed E-state index contributed by atoms with van der Waals surface area (Å²) in [4.78, 5) is 0. The molecule has 0 radical (unpaired) electrons. The number of allylic oxidation sites excluding steroid dienone is 2. The molecule has 1 unspecified atom stereocenters. The molecule has 0 bridgehead atoms. The molecule has 0 spiro atoms. The maximum atomic E-state index is 2.81. The first-order valence-electron chi connectivity index (χ1n) is 10.5. The average Bonchev–Trinajstić information content (AvgIpc) is 2.99. The van der Waals surface area contributed by atoms with E-state index in [0.29, 0.717) is 0 Å². The Hall–Kier alpha value is -0.260. The van der Waals surface area contributed by atoms with Crippen molar-refractivity contribution >= 4 is 0 Å². The zero-order valence-corrected chi connectivity index (χ0v) is 14.8. The minimum absolute atomic E-state index is 0.741. The summed E-state index contributed by atoms with van der Waals surface area (Å²) in [7, 11) is 0. The first-order chi connectivity index (χ1) is 10.8. The van der Waals surface area contributed by atoms with Gasteiger partial charge in [-0.1, -0.05) is 57.1 Å². The van der Waals surface area contributed by atoms with E-state index in [2.05, 4.69) is 13.0 Å². The van der Waals surface area contributed by atoms with E-state index in [4.69, 9.17) is 0 Å². The molecule has 0 heteroatoms. The second kappa shape index (κ2) is 6.33. The number of rotatable bonds is 4. The summed E-state index contributed by atoms with van der Waals surface area (Å²) in [6.07, 6.45) is 24.0. The highest BCUT2D eigenvalue weighted by atomic mass is 14.6. The van der Waals surface area contributed by atoms with Crippen LogP contribution in [-0.2, 0) is 0 Å². The lowest BCUT2D eigenvalue weighted by Gasteiger charge is -2.51. The lowest BCUT2D eigenvalue weighted by Crippen LogP contribution is -2.41. The van der Waals surface area contributed by atoms with E-state index in [1.807, 2.05) is 5.57 Å². The molecule has 0 saturated heterocycles. The van der Waals surface area contributed by atoms with Crippen molar-refractivity contribution in [2.75, 3.05) is 0 Å². The molecule has 4 aliphatic carbocycles. The molecule has 124 valence electrons. The molecule has 3 saturated carbocycles. The summed E-state index contributed by atoms with van der Waals surface area (Å²) >= 11 is 0. The Labute approximate surface area is 138 Å². The summed E-state index contributed by atoms with van der Waals surface area (Å²) < 4.78 is 0. The predicted octanol–water partition coefficient (Wildman–Crippen LogP) is 6.90. The van der Waals surface area contributed by atoms with Gasteiger partial charge >= 0.3 is 0 Å². The van der Waals surface area contributed by atoms with Crippen LogP contribution in [0.4, 0.5) is 0 Å². The fraction of sp³-hybridized carbons (Fsp3) is 0.909. The largest absolute Gasteiger partial charge is 0.0842 e. The smallest absolute Gasteiger partial charge is 0.0166 e. The van der Waals surface area contributed by atoms with E-state index in [0.717, 1.165) is 29.1 Å². The van der Waals surface area contributed by atoms with Gasteiger partial charge in [-0.25, -0.2) is 0 Å². The third-order valence-corrected chi connectivity index (χ3v) is 8.10. The molecule has 4 aliphatic rings. The molecule has 22 heavy (non-hydrogen) atoms. The highest BCUT2D eigenvalue weighted by molar-refractivity contribution is 5.24. The Kier molecular flexibility index (Phi) is 4.39. The van der Waals surface area contributed by atoms with Crippen LogP contribution in [0, 0.1) is 29.1 Å². The van der Waals surface area contributed by atoms with Crippen LogP contribution in [0.25, 0.3) is 0 Å². The van der Waals surface area contributed by atoms with E-state index in [9.17, 15) is 0 Å². The molecule has 0 aromatic rings. The van der Waals surface area contributed by atoms with Gasteiger partial charge in [0.15, 0.2) is 0 Å². The maximum Gasteiger partial charge on any atom is -0.0166 e. The van der Waals surface area contributed by atoms with Crippen LogP contribution < -0.4 is 0 Å². The second-order valence-electron chi connectivity index (χ2n) is 9.06. The summed E-state index contributed by atoms with van der Waals surface area (Å²) in [5, 5.41) is 0. The van der Waals surface area contributed by atoms with Crippen LogP contribution in [0.15, 0.2) is 11.6 Å². The molecule has 4 rings (SSSR count). The molecule has 0 heterocycles. The maximum absolute atomic E-state index is 2.81. The van der Waals surface area contributed by atoms with Crippen molar-refractivity contribution in [3.63, 3.8) is 0 Å². The summed E-state index contributed by atoms with van der Waals surface area (Å²) in [6.45, 7) is 2.35. The van der Waals surface area contributed by atoms with Gasteiger partial charge in [0.05, 0.1) is 0 Å². The molecule has 0 amide bonds. The van der Waals surface area contributed by atoms with Gasteiger partial charge in [0, 0.05) is 0 Å². The van der Waals surface area contributed by atoms with Gasteiger partial charge in [0.1, 0.15) is 0 Å². The summed E-state index contributed by atoms with van der Waals surface area (Å²) in [5.74, 6) is 4.18. The highest BCUT2D eigenvalue weighted by Crippen LogP contribution is 2.61. The van der Waals surface area contributed by atoms with E-state index in [-0.39, 0.29) is 0 Å². The number of hydrogen-bond acceptors (Lipinski definition) is 0. The lowest BCUT2D eigenvalue weighted by molar-refractivity contribution is 0.0728. The second-order valence-corrected chi connectivity index (χ2v) is 9.06. The third-order valence-electron chi connectivity index (χ3n) is 8.10. The molecule has 0 aromatic carbocycles. The van der Waals surface area contributed by atoms with Crippen LogP contribution in [0.1, 0.15) is 96.8 Å². The Morgan fingerprint density at radius 1 is 0.955 bits per heavy atom. The van der Waals surface area contributed by atoms with Crippen molar-refractivity contribution in [3.05, 3.63) is 11.6 Å². The predicted molar refractivity (Wildman–Crippen MR) is 94.8 cm³/mol. The zero-order valence-electron chi connectivity index (χ0n) is 14.8. The van der Waals surface area contributed by atoms with Crippen molar-refractivity contribution < 1.29 is 0 Å². The van der Waals surface area contributed by atoms with Crippen molar-refractivity contribution in [2.45, 2.75) is 96.8 Å². The Morgan fingerprint density at radius 2 is 1.86 bits per heavy atom. The molecule has 0 nitrogen and oxygen atoms in total. The molecule has 3 fully saturated rings. The Balaban J connectivity index is 1.55. The van der Waals surface area contributed by atoms with Crippen molar-refractivity contribution in [2.24, 2.45) is 29.1 Å². The molecule has 0 aliphatic heterocycles. The van der Waals surface area contributed by atoms with Crippen LogP contribution in [0.3, 0.4) is 0 Å². The van der Waals surface area contributed by atoms with Gasteiger partial charge < -0.3 is 0 Å². The summed E-state index contributed by atoms with van der Waals surface area (Å²) in [6, 6.07) is 0. The number of unbranched alkanes of at least 4 members (excludes halogenated alkanes) is 2. The van der Waals surface area contributed by atoms with E-state index in [1.54, 1.807) is 38.5 Å². The summed E-state index contributed by atoms with van der Waals surface area (Å²) in [5.41, 5.74) is 2.72. The fourth-order valence-corrected chi connectivity index (χ4v) is 7.07. The average molecular weight is 301 g/mol. The fourth-order valence-electron chi connectivity index (χ4n) is 7.07. The van der Waals surface area contributed by atoms with Crippen molar-refractivity contribution in [1.29, 1.82) is 0 Å². The third kappa shape index (κ3) is 2.49. The number of hydrogen-bond donors (Lipinski definition) is 0. The molecule has 5 atom stereocenters. The number of fused-ring (bicyclic) bond motifs is 5. The minimum Gasteiger partial charge on any atom is -0.0842 e. The Morgan fingerprint density at radius 3 is 2.77 bits per heavy atom. The highest BCUT2D eigenvalue weighted by Gasteiger charge is 2.51. The van der Waals surface area contributed by atoms with Crippen LogP contribution in [-0.4, -0.2) is 0 Å². The monoisotopic (exact) mass is 300 g/mol. The van der Waals surface area contributed by atoms with Crippen LogP contribution in [0.2, 0.25) is 0 Å². The van der Waals surface area contributed by atoms with Crippen molar-refractivity contribution in [1.82, 2.24) is 0 Å². The quantitative estimate of drug-likeness (QED) is 0.391. The normalized spacial score (nSPS) is 44.0. The standard InChI is InChI=1S/C22H36/c1-2-3-6-14-22-15-7-10-21(22)20-12-11-17-8-4-5-9-18(17)19(20)13-16-22/h13,17-18,20-21H,2-12,14-16H2,1H3/t17?,18-,20+,21-,22-/m0/s1. The minimum atomic E-state index is 0.741. The Bertz CT molecular complexity index is 420. The van der Waals surface area contributed by atoms with Crippen molar-refractivity contribution in [3.8, 4) is 0 Å². The van der Waals surface area contributed by atoms with E-state index < -0.39 is 0 Å². The van der Waals surface area contributed by atoms with Gasteiger partial charge in [-0.15, -0.1) is 0 Å².